The third kappa shape index (κ3) is 3.63. The second-order valence-corrected chi connectivity index (χ2v) is 9.26. The van der Waals surface area contributed by atoms with Crippen LogP contribution in [-0.4, -0.2) is 39.8 Å². The van der Waals surface area contributed by atoms with Crippen molar-refractivity contribution in [1.82, 2.24) is 14.5 Å². The molecule has 5 nitrogen and oxygen atoms in total. The van der Waals surface area contributed by atoms with E-state index in [0.717, 1.165) is 46.2 Å². The molecule has 0 N–H and O–H groups in total. The van der Waals surface area contributed by atoms with E-state index in [-0.39, 0.29) is 5.78 Å². The Morgan fingerprint density at radius 1 is 1.29 bits per heavy atom. The average molecular weight is 416 g/mol. The summed E-state index contributed by atoms with van der Waals surface area (Å²) >= 11 is 3.34. The van der Waals surface area contributed by atoms with Gasteiger partial charge in [0.25, 0.3) is 0 Å². The van der Waals surface area contributed by atoms with Gasteiger partial charge in [-0.25, -0.2) is 9.97 Å². The molecule has 0 unspecified atom stereocenters. The highest BCUT2D eigenvalue weighted by Gasteiger charge is 2.21. The molecule has 28 heavy (non-hydrogen) atoms. The number of rotatable bonds is 7. The summed E-state index contributed by atoms with van der Waals surface area (Å²) in [5.74, 6) is 0.545. The zero-order chi connectivity index (χ0) is 19.7. The van der Waals surface area contributed by atoms with Gasteiger partial charge in [0, 0.05) is 40.9 Å². The predicted molar refractivity (Wildman–Crippen MR) is 115 cm³/mol. The molecule has 0 fully saturated rings. The number of thiophene rings is 1. The first-order valence-electron chi connectivity index (χ1n) is 9.67. The fourth-order valence-electron chi connectivity index (χ4n) is 3.99. The zero-order valence-electron chi connectivity index (χ0n) is 16.6. The van der Waals surface area contributed by atoms with Crippen LogP contribution in [0.1, 0.15) is 45.0 Å². The number of Topliss-reactive ketones (excluding diaryl/α,β-unsaturated/α-hetero) is 1. The van der Waals surface area contributed by atoms with E-state index in [4.69, 9.17) is 4.74 Å². The van der Waals surface area contributed by atoms with Crippen LogP contribution < -0.4 is 0 Å². The van der Waals surface area contributed by atoms with Crippen LogP contribution in [0.4, 0.5) is 0 Å². The number of carbonyl (C=O) groups excluding carboxylic acids is 1. The van der Waals surface area contributed by atoms with Crippen LogP contribution in [0.25, 0.3) is 10.2 Å². The van der Waals surface area contributed by atoms with Crippen LogP contribution in [0.15, 0.2) is 17.4 Å². The minimum atomic E-state index is 0.151. The number of ether oxygens (including phenoxy) is 1. The number of aromatic nitrogens is 3. The van der Waals surface area contributed by atoms with Gasteiger partial charge in [0.1, 0.15) is 16.2 Å². The van der Waals surface area contributed by atoms with Crippen LogP contribution in [-0.2, 0) is 24.1 Å². The lowest BCUT2D eigenvalue weighted by Crippen LogP contribution is -2.09. The van der Waals surface area contributed by atoms with Crippen molar-refractivity contribution in [1.29, 1.82) is 0 Å². The number of thioether (sulfide) groups is 1. The summed E-state index contributed by atoms with van der Waals surface area (Å²) in [5.41, 5.74) is 4.33. The Hall–Kier alpha value is -1.70. The normalized spacial score (nSPS) is 13.8. The van der Waals surface area contributed by atoms with E-state index in [1.807, 2.05) is 19.9 Å². The topological polar surface area (TPSA) is 57.0 Å². The van der Waals surface area contributed by atoms with Crippen LogP contribution in [0.2, 0.25) is 0 Å². The molecule has 4 rings (SSSR count). The molecular weight excluding hydrogens is 390 g/mol. The number of carbonyl (C=O) groups is 1. The molecule has 7 heteroatoms. The second kappa shape index (κ2) is 8.35. The summed E-state index contributed by atoms with van der Waals surface area (Å²) in [5, 5.41) is 2.14. The first-order valence-corrected chi connectivity index (χ1v) is 11.5. The molecule has 0 aliphatic heterocycles. The number of hydrogen-bond acceptors (Lipinski definition) is 6. The van der Waals surface area contributed by atoms with Crippen molar-refractivity contribution in [2.24, 2.45) is 0 Å². The average Bonchev–Trinajstić information content (AvgIpc) is 3.22. The van der Waals surface area contributed by atoms with Crippen LogP contribution in [0.5, 0.6) is 0 Å². The molecule has 0 spiro atoms. The lowest BCUT2D eigenvalue weighted by atomic mass is 9.97. The Balaban J connectivity index is 1.55. The number of hydrogen-bond donors (Lipinski definition) is 0. The largest absolute Gasteiger partial charge is 0.383 e. The Labute approximate surface area is 173 Å². The number of ketones is 1. The molecule has 148 valence electrons. The molecule has 0 radical (unpaired) electrons. The number of aryl methyl sites for hydroxylation is 3. The standard InChI is InChI=1S/C21H25N3O2S2/c1-13-10-16(14(2)24(13)8-9-26-3)17(25)11-27-20-19-15-6-4-5-7-18(15)28-21(19)23-12-22-20/h10,12H,4-9,11H2,1-3H3. The quantitative estimate of drug-likeness (QED) is 0.320. The Morgan fingerprint density at radius 2 is 2.11 bits per heavy atom. The smallest absolute Gasteiger partial charge is 0.174 e. The minimum Gasteiger partial charge on any atom is -0.383 e. The third-order valence-electron chi connectivity index (χ3n) is 5.45. The molecule has 3 heterocycles. The number of fused-ring (bicyclic) bond motifs is 3. The molecule has 0 saturated heterocycles. The maximum absolute atomic E-state index is 12.9. The summed E-state index contributed by atoms with van der Waals surface area (Å²) in [6.45, 7) is 5.46. The predicted octanol–water partition coefficient (Wildman–Crippen LogP) is 4.61. The van der Waals surface area contributed by atoms with Gasteiger partial charge in [-0.15, -0.1) is 11.3 Å². The van der Waals surface area contributed by atoms with Crippen LogP contribution in [0.3, 0.4) is 0 Å². The van der Waals surface area contributed by atoms with Crippen molar-refractivity contribution in [2.75, 3.05) is 19.5 Å². The summed E-state index contributed by atoms with van der Waals surface area (Å²) in [4.78, 5) is 24.5. The van der Waals surface area contributed by atoms with Crippen molar-refractivity contribution < 1.29 is 9.53 Å². The lowest BCUT2D eigenvalue weighted by Gasteiger charge is -2.11. The molecule has 0 saturated carbocycles. The highest BCUT2D eigenvalue weighted by Crippen LogP contribution is 2.39. The van der Waals surface area contributed by atoms with Gasteiger partial charge in [-0.3, -0.25) is 4.79 Å². The van der Waals surface area contributed by atoms with E-state index in [1.165, 1.54) is 28.7 Å². The first kappa shape index (κ1) is 19.6. The summed E-state index contributed by atoms with van der Waals surface area (Å²) in [7, 11) is 1.70. The van der Waals surface area contributed by atoms with Gasteiger partial charge in [-0.1, -0.05) is 11.8 Å². The van der Waals surface area contributed by atoms with Crippen molar-refractivity contribution in [3.8, 4) is 0 Å². The van der Waals surface area contributed by atoms with E-state index in [1.54, 1.807) is 36.5 Å². The number of nitrogens with zero attached hydrogens (tertiary/aromatic N) is 3. The van der Waals surface area contributed by atoms with Gasteiger partial charge >= 0.3 is 0 Å². The molecule has 3 aromatic heterocycles. The SMILES string of the molecule is COCCn1c(C)cc(C(=O)CSc2ncnc3sc4c(c23)CCCC4)c1C. The maximum atomic E-state index is 12.9. The highest BCUT2D eigenvalue weighted by molar-refractivity contribution is 8.00. The van der Waals surface area contributed by atoms with E-state index in [0.29, 0.717) is 12.4 Å². The molecule has 1 aliphatic carbocycles. The van der Waals surface area contributed by atoms with Crippen molar-refractivity contribution in [3.05, 3.63) is 39.8 Å². The molecule has 0 atom stereocenters. The summed E-state index contributed by atoms with van der Waals surface area (Å²) < 4.78 is 7.34. The maximum Gasteiger partial charge on any atom is 0.174 e. The van der Waals surface area contributed by atoms with Gasteiger partial charge in [0.2, 0.25) is 0 Å². The molecule has 0 bridgehead atoms. The van der Waals surface area contributed by atoms with Crippen molar-refractivity contribution >= 4 is 39.1 Å². The molecule has 1 aliphatic rings. The Morgan fingerprint density at radius 3 is 2.93 bits per heavy atom. The summed E-state index contributed by atoms with van der Waals surface area (Å²) in [6, 6.07) is 2.00. The fourth-order valence-corrected chi connectivity index (χ4v) is 6.20. The van der Waals surface area contributed by atoms with Gasteiger partial charge in [0.05, 0.1) is 12.4 Å². The van der Waals surface area contributed by atoms with E-state index < -0.39 is 0 Å². The van der Waals surface area contributed by atoms with Gasteiger partial charge < -0.3 is 9.30 Å². The summed E-state index contributed by atoms with van der Waals surface area (Å²) in [6.07, 6.45) is 6.36. The Kier molecular flexibility index (Phi) is 5.85. The second-order valence-electron chi connectivity index (χ2n) is 7.21. The first-order chi connectivity index (χ1) is 13.6. The molecule has 0 aromatic carbocycles. The van der Waals surface area contributed by atoms with Crippen LogP contribution in [0, 0.1) is 13.8 Å². The Bertz CT molecular complexity index is 1020. The lowest BCUT2D eigenvalue weighted by molar-refractivity contribution is 0.102. The molecular formula is C21H25N3O2S2. The van der Waals surface area contributed by atoms with Crippen molar-refractivity contribution in [2.45, 2.75) is 51.1 Å². The van der Waals surface area contributed by atoms with Crippen LogP contribution >= 0.6 is 23.1 Å². The fraction of sp³-hybridized carbons (Fsp3) is 0.476. The monoisotopic (exact) mass is 415 g/mol. The number of methoxy groups -OCH3 is 1. The molecule has 0 amide bonds. The van der Waals surface area contributed by atoms with Crippen molar-refractivity contribution in [3.63, 3.8) is 0 Å². The van der Waals surface area contributed by atoms with Gasteiger partial charge in [0.15, 0.2) is 5.78 Å². The molecule has 3 aromatic rings. The minimum absolute atomic E-state index is 0.151. The highest BCUT2D eigenvalue weighted by atomic mass is 32.2. The van der Waals surface area contributed by atoms with Gasteiger partial charge in [-0.2, -0.15) is 0 Å². The van der Waals surface area contributed by atoms with E-state index in [2.05, 4.69) is 14.5 Å². The zero-order valence-corrected chi connectivity index (χ0v) is 18.2. The van der Waals surface area contributed by atoms with Gasteiger partial charge in [-0.05, 0) is 51.2 Å². The van der Waals surface area contributed by atoms with E-state index in [9.17, 15) is 4.79 Å². The van der Waals surface area contributed by atoms with E-state index >= 15 is 0 Å². The third-order valence-corrected chi connectivity index (χ3v) is 7.64.